The normalized spacial score (nSPS) is 10.6. The summed E-state index contributed by atoms with van der Waals surface area (Å²) in [5.74, 6) is 2.33. The third-order valence-corrected chi connectivity index (χ3v) is 3.26. The van der Waals surface area contributed by atoms with E-state index in [0.717, 1.165) is 28.4 Å². The van der Waals surface area contributed by atoms with Gasteiger partial charge in [0.05, 0.1) is 20.4 Å². The van der Waals surface area contributed by atoms with Gasteiger partial charge in [-0.15, -0.1) is 0 Å². The van der Waals surface area contributed by atoms with Crippen LogP contribution in [0.5, 0.6) is 11.5 Å². The number of benzene rings is 1. The maximum atomic E-state index is 5.39. The molecule has 0 radical (unpaired) electrons. The molecule has 6 nitrogen and oxygen atoms in total. The SMILES string of the molecule is COc1ccc(CNc2nccn3nccc23)c(OC)c1. The van der Waals surface area contributed by atoms with Gasteiger partial charge < -0.3 is 14.8 Å². The fourth-order valence-electron chi connectivity index (χ4n) is 2.17. The zero-order valence-corrected chi connectivity index (χ0v) is 11.9. The third kappa shape index (κ3) is 2.60. The summed E-state index contributed by atoms with van der Waals surface area (Å²) in [5, 5.41) is 7.50. The van der Waals surface area contributed by atoms with Crippen LogP contribution in [-0.2, 0) is 6.54 Å². The van der Waals surface area contributed by atoms with Gasteiger partial charge in [-0.05, 0) is 18.2 Å². The average molecular weight is 284 g/mol. The monoisotopic (exact) mass is 284 g/mol. The van der Waals surface area contributed by atoms with Gasteiger partial charge in [-0.2, -0.15) is 5.10 Å². The molecule has 0 unspecified atom stereocenters. The molecule has 0 aliphatic carbocycles. The number of hydrogen-bond donors (Lipinski definition) is 1. The number of anilines is 1. The lowest BCUT2D eigenvalue weighted by atomic mass is 10.2. The lowest BCUT2D eigenvalue weighted by Gasteiger charge is -2.12. The van der Waals surface area contributed by atoms with E-state index in [1.807, 2.05) is 30.5 Å². The number of rotatable bonds is 5. The van der Waals surface area contributed by atoms with Crippen molar-refractivity contribution < 1.29 is 9.47 Å². The van der Waals surface area contributed by atoms with E-state index in [1.54, 1.807) is 31.1 Å². The molecule has 1 aromatic carbocycles. The summed E-state index contributed by atoms with van der Waals surface area (Å²) in [4.78, 5) is 4.35. The van der Waals surface area contributed by atoms with Gasteiger partial charge in [0.1, 0.15) is 17.0 Å². The highest BCUT2D eigenvalue weighted by Crippen LogP contribution is 2.25. The van der Waals surface area contributed by atoms with E-state index in [2.05, 4.69) is 15.4 Å². The first-order chi connectivity index (χ1) is 10.3. The zero-order valence-electron chi connectivity index (χ0n) is 11.9. The van der Waals surface area contributed by atoms with Crippen molar-refractivity contribution in [3.8, 4) is 11.5 Å². The van der Waals surface area contributed by atoms with Crippen molar-refractivity contribution in [1.82, 2.24) is 14.6 Å². The fourth-order valence-corrected chi connectivity index (χ4v) is 2.17. The second-order valence-electron chi connectivity index (χ2n) is 4.47. The number of methoxy groups -OCH3 is 2. The van der Waals surface area contributed by atoms with Crippen LogP contribution in [0.25, 0.3) is 5.52 Å². The minimum absolute atomic E-state index is 0.602. The molecular formula is C15H16N4O2. The molecule has 1 N–H and O–H groups in total. The molecule has 6 heteroatoms. The lowest BCUT2D eigenvalue weighted by molar-refractivity contribution is 0.391. The maximum Gasteiger partial charge on any atom is 0.152 e. The van der Waals surface area contributed by atoms with Crippen LogP contribution in [0, 0.1) is 0 Å². The van der Waals surface area contributed by atoms with E-state index in [9.17, 15) is 0 Å². The van der Waals surface area contributed by atoms with Gasteiger partial charge in [0.15, 0.2) is 5.82 Å². The Kier molecular flexibility index (Phi) is 3.59. The lowest BCUT2D eigenvalue weighted by Crippen LogP contribution is -2.05. The predicted octanol–water partition coefficient (Wildman–Crippen LogP) is 2.36. The molecule has 0 bridgehead atoms. The molecule has 0 atom stereocenters. The molecule has 2 heterocycles. The minimum Gasteiger partial charge on any atom is -0.497 e. The Hall–Kier alpha value is -2.76. The van der Waals surface area contributed by atoms with Gasteiger partial charge in [-0.3, -0.25) is 0 Å². The van der Waals surface area contributed by atoms with Crippen molar-refractivity contribution in [3.63, 3.8) is 0 Å². The maximum absolute atomic E-state index is 5.39. The number of aromatic nitrogens is 3. The molecule has 3 rings (SSSR count). The molecule has 0 amide bonds. The van der Waals surface area contributed by atoms with Crippen LogP contribution in [0.2, 0.25) is 0 Å². The second-order valence-corrected chi connectivity index (χ2v) is 4.47. The number of hydrogen-bond acceptors (Lipinski definition) is 5. The Labute approximate surface area is 122 Å². The van der Waals surface area contributed by atoms with Gasteiger partial charge >= 0.3 is 0 Å². The van der Waals surface area contributed by atoms with E-state index in [-0.39, 0.29) is 0 Å². The Morgan fingerprint density at radius 3 is 2.86 bits per heavy atom. The van der Waals surface area contributed by atoms with Crippen molar-refractivity contribution >= 4 is 11.3 Å². The Morgan fingerprint density at radius 2 is 2.05 bits per heavy atom. The molecule has 0 fully saturated rings. The van der Waals surface area contributed by atoms with E-state index in [0.29, 0.717) is 6.54 Å². The molecular weight excluding hydrogens is 268 g/mol. The van der Waals surface area contributed by atoms with Gasteiger partial charge in [0.2, 0.25) is 0 Å². The minimum atomic E-state index is 0.602. The van der Waals surface area contributed by atoms with Gasteiger partial charge in [-0.1, -0.05) is 0 Å². The molecule has 0 aliphatic heterocycles. The van der Waals surface area contributed by atoms with Crippen LogP contribution >= 0.6 is 0 Å². The van der Waals surface area contributed by atoms with Crippen molar-refractivity contribution in [3.05, 3.63) is 48.4 Å². The summed E-state index contributed by atoms with van der Waals surface area (Å²) in [6, 6.07) is 7.66. The first kappa shape index (κ1) is 13.2. The van der Waals surface area contributed by atoms with Crippen LogP contribution in [0.15, 0.2) is 42.9 Å². The molecule has 3 aromatic rings. The topological polar surface area (TPSA) is 60.7 Å². The standard InChI is InChI=1S/C15H16N4O2/c1-20-12-4-3-11(14(9-12)21-2)10-17-15-13-5-6-18-19(13)8-7-16-15/h3-9H,10H2,1-2H3,(H,16,17). The molecule has 0 aliphatic rings. The molecule has 0 saturated carbocycles. The van der Waals surface area contributed by atoms with E-state index < -0.39 is 0 Å². The Bertz CT molecular complexity index is 754. The van der Waals surface area contributed by atoms with Crippen molar-refractivity contribution in [2.75, 3.05) is 19.5 Å². The summed E-state index contributed by atoms with van der Waals surface area (Å²) >= 11 is 0. The first-order valence-electron chi connectivity index (χ1n) is 6.55. The van der Waals surface area contributed by atoms with Crippen LogP contribution in [0.4, 0.5) is 5.82 Å². The van der Waals surface area contributed by atoms with Crippen LogP contribution < -0.4 is 14.8 Å². The highest BCUT2D eigenvalue weighted by molar-refractivity contribution is 5.66. The van der Waals surface area contributed by atoms with Gasteiger partial charge in [0, 0.05) is 30.6 Å². The van der Waals surface area contributed by atoms with Gasteiger partial charge in [0.25, 0.3) is 0 Å². The third-order valence-electron chi connectivity index (χ3n) is 3.26. The average Bonchev–Trinajstić information content (AvgIpc) is 3.01. The summed E-state index contributed by atoms with van der Waals surface area (Å²) in [6.07, 6.45) is 5.28. The summed E-state index contributed by atoms with van der Waals surface area (Å²) < 4.78 is 12.4. The van der Waals surface area contributed by atoms with Crippen LogP contribution in [0.3, 0.4) is 0 Å². The number of fused-ring (bicyclic) bond motifs is 1. The number of nitrogens with zero attached hydrogens (tertiary/aromatic N) is 3. The van der Waals surface area contributed by atoms with Gasteiger partial charge in [-0.25, -0.2) is 9.50 Å². The number of nitrogens with one attached hydrogen (secondary N) is 1. The molecule has 21 heavy (non-hydrogen) atoms. The quantitative estimate of drug-likeness (QED) is 0.779. The van der Waals surface area contributed by atoms with Crippen LogP contribution in [-0.4, -0.2) is 28.8 Å². The summed E-state index contributed by atoms with van der Waals surface area (Å²) in [7, 11) is 3.28. The molecule has 108 valence electrons. The second kappa shape index (κ2) is 5.70. The van der Waals surface area contributed by atoms with Crippen molar-refractivity contribution in [2.45, 2.75) is 6.54 Å². The largest absolute Gasteiger partial charge is 0.497 e. The summed E-state index contributed by atoms with van der Waals surface area (Å²) in [5.41, 5.74) is 1.96. The zero-order chi connectivity index (χ0) is 14.7. The molecule has 0 spiro atoms. The van der Waals surface area contributed by atoms with Crippen molar-refractivity contribution in [1.29, 1.82) is 0 Å². The highest BCUT2D eigenvalue weighted by atomic mass is 16.5. The molecule has 2 aromatic heterocycles. The Balaban J connectivity index is 1.83. The van der Waals surface area contributed by atoms with E-state index in [4.69, 9.17) is 9.47 Å². The fraction of sp³-hybridized carbons (Fsp3) is 0.200. The van der Waals surface area contributed by atoms with Crippen LogP contribution in [0.1, 0.15) is 5.56 Å². The predicted molar refractivity (Wildman–Crippen MR) is 79.9 cm³/mol. The van der Waals surface area contributed by atoms with E-state index in [1.165, 1.54) is 0 Å². The smallest absolute Gasteiger partial charge is 0.152 e. The molecule has 0 saturated heterocycles. The Morgan fingerprint density at radius 1 is 1.14 bits per heavy atom. The number of ether oxygens (including phenoxy) is 2. The first-order valence-corrected chi connectivity index (χ1v) is 6.55. The van der Waals surface area contributed by atoms with E-state index >= 15 is 0 Å². The summed E-state index contributed by atoms with van der Waals surface area (Å²) in [6.45, 7) is 0.602. The van der Waals surface area contributed by atoms with Crippen molar-refractivity contribution in [2.24, 2.45) is 0 Å². The highest BCUT2D eigenvalue weighted by Gasteiger charge is 2.07.